The number of benzene rings is 1. The number of nitrogens with one attached hydrogen (secondary N) is 3. The molecule has 102 valence electrons. The molecule has 0 radical (unpaired) electrons. The molecule has 3 rings (SSSR count). The van der Waals surface area contributed by atoms with Gasteiger partial charge in [0.25, 0.3) is 0 Å². The van der Waals surface area contributed by atoms with Crippen LogP contribution in [0, 0.1) is 5.82 Å². The highest BCUT2D eigenvalue weighted by Crippen LogP contribution is 2.29. The largest absolute Gasteiger partial charge is 0.357 e. The number of hydrogen-bond donors (Lipinski definition) is 3. The van der Waals surface area contributed by atoms with Gasteiger partial charge in [0.05, 0.1) is 17.0 Å². The zero-order chi connectivity index (χ0) is 14.1. The van der Waals surface area contributed by atoms with Crippen LogP contribution in [-0.2, 0) is 0 Å². The third-order valence-electron chi connectivity index (χ3n) is 2.72. The highest BCUT2D eigenvalue weighted by Gasteiger charge is 2.13. The van der Waals surface area contributed by atoms with E-state index in [1.807, 2.05) is 0 Å². The third kappa shape index (κ3) is 2.12. The number of halogens is 2. The summed E-state index contributed by atoms with van der Waals surface area (Å²) in [4.78, 5) is 15.4. The molecule has 1 aromatic carbocycles. The van der Waals surface area contributed by atoms with Crippen LogP contribution in [0.25, 0.3) is 11.2 Å². The average molecular weight is 293 g/mol. The van der Waals surface area contributed by atoms with Crippen LogP contribution in [0.4, 0.5) is 21.8 Å². The van der Waals surface area contributed by atoms with E-state index < -0.39 is 5.82 Å². The third-order valence-corrected chi connectivity index (χ3v) is 3.03. The number of aromatic nitrogens is 4. The summed E-state index contributed by atoms with van der Waals surface area (Å²) in [6.07, 6.45) is 1.49. The molecular formula is C12H10ClFN6. The Morgan fingerprint density at radius 3 is 2.90 bits per heavy atom. The predicted molar refractivity (Wildman–Crippen MR) is 75.9 cm³/mol. The second-order valence-corrected chi connectivity index (χ2v) is 4.38. The first kappa shape index (κ1) is 12.6. The highest BCUT2D eigenvalue weighted by molar-refractivity contribution is 6.33. The van der Waals surface area contributed by atoms with Crippen molar-refractivity contribution in [1.29, 1.82) is 0 Å². The molecule has 0 amide bonds. The molecule has 0 spiro atoms. The van der Waals surface area contributed by atoms with Crippen LogP contribution in [-0.4, -0.2) is 27.0 Å². The van der Waals surface area contributed by atoms with Crippen molar-refractivity contribution in [3.8, 4) is 0 Å². The fourth-order valence-electron chi connectivity index (χ4n) is 1.77. The molecule has 0 atom stereocenters. The molecule has 20 heavy (non-hydrogen) atoms. The van der Waals surface area contributed by atoms with Crippen molar-refractivity contribution in [2.75, 3.05) is 17.7 Å². The van der Waals surface area contributed by atoms with Gasteiger partial charge >= 0.3 is 0 Å². The lowest BCUT2D eigenvalue weighted by molar-refractivity contribution is 0.632. The molecule has 0 saturated carbocycles. The van der Waals surface area contributed by atoms with E-state index in [9.17, 15) is 4.39 Å². The monoisotopic (exact) mass is 292 g/mol. The molecule has 0 fully saturated rings. The standard InChI is InChI=1S/C12H10ClFN6/c1-15-12-19-10-9(16-5-17-10)11(20-12)18-8-6(13)3-2-4-7(8)14/h2-5H,1H3,(H3,15,16,17,18,19,20). The van der Waals surface area contributed by atoms with E-state index in [4.69, 9.17) is 11.6 Å². The topological polar surface area (TPSA) is 78.5 Å². The summed E-state index contributed by atoms with van der Waals surface area (Å²) in [6.45, 7) is 0. The molecule has 0 saturated heterocycles. The van der Waals surface area contributed by atoms with Crippen LogP contribution >= 0.6 is 11.6 Å². The van der Waals surface area contributed by atoms with E-state index in [-0.39, 0.29) is 10.7 Å². The van der Waals surface area contributed by atoms with Gasteiger partial charge in [-0.3, -0.25) is 0 Å². The molecule has 6 nitrogen and oxygen atoms in total. The first-order valence-electron chi connectivity index (χ1n) is 5.79. The molecule has 2 heterocycles. The lowest BCUT2D eigenvalue weighted by Crippen LogP contribution is -2.03. The minimum absolute atomic E-state index is 0.158. The van der Waals surface area contributed by atoms with Crippen molar-refractivity contribution >= 4 is 40.2 Å². The predicted octanol–water partition coefficient (Wildman–Crippen LogP) is 2.93. The van der Waals surface area contributed by atoms with Crippen LogP contribution < -0.4 is 10.6 Å². The van der Waals surface area contributed by atoms with E-state index in [1.165, 1.54) is 18.5 Å². The van der Waals surface area contributed by atoms with Gasteiger partial charge in [-0.2, -0.15) is 9.97 Å². The molecule has 3 aromatic rings. The zero-order valence-electron chi connectivity index (χ0n) is 10.4. The fourth-order valence-corrected chi connectivity index (χ4v) is 1.98. The van der Waals surface area contributed by atoms with Crippen LogP contribution in [0.15, 0.2) is 24.5 Å². The summed E-state index contributed by atoms with van der Waals surface area (Å²) in [7, 11) is 1.69. The van der Waals surface area contributed by atoms with Crippen LogP contribution in [0.1, 0.15) is 0 Å². The van der Waals surface area contributed by atoms with Gasteiger partial charge in [0.15, 0.2) is 11.5 Å². The van der Waals surface area contributed by atoms with Crippen molar-refractivity contribution in [3.05, 3.63) is 35.4 Å². The number of rotatable bonds is 3. The first-order valence-corrected chi connectivity index (χ1v) is 6.16. The maximum absolute atomic E-state index is 13.8. The summed E-state index contributed by atoms with van der Waals surface area (Å²) in [6, 6.07) is 4.45. The van der Waals surface area contributed by atoms with Gasteiger partial charge in [-0.25, -0.2) is 9.37 Å². The Labute approximate surface area is 118 Å². The lowest BCUT2D eigenvalue weighted by Gasteiger charge is -2.10. The maximum Gasteiger partial charge on any atom is 0.226 e. The van der Waals surface area contributed by atoms with Gasteiger partial charge in [-0.05, 0) is 12.1 Å². The molecule has 0 aliphatic heterocycles. The maximum atomic E-state index is 13.8. The fraction of sp³-hybridized carbons (Fsp3) is 0.0833. The second kappa shape index (κ2) is 4.93. The number of H-pyrrole nitrogens is 1. The minimum Gasteiger partial charge on any atom is -0.357 e. The summed E-state index contributed by atoms with van der Waals surface area (Å²) < 4.78 is 13.8. The molecule has 2 aromatic heterocycles. The zero-order valence-corrected chi connectivity index (χ0v) is 11.2. The number of aromatic amines is 1. The molecule has 0 aliphatic rings. The Hall–Kier alpha value is -2.41. The van der Waals surface area contributed by atoms with Crippen LogP contribution in [0.3, 0.4) is 0 Å². The summed E-state index contributed by atoms with van der Waals surface area (Å²) in [5, 5.41) is 5.96. The van der Waals surface area contributed by atoms with Gasteiger partial charge in [0.1, 0.15) is 11.3 Å². The molecule has 8 heteroatoms. The Bertz CT molecular complexity index is 751. The second-order valence-electron chi connectivity index (χ2n) is 3.97. The Morgan fingerprint density at radius 2 is 2.15 bits per heavy atom. The normalized spacial score (nSPS) is 10.8. The highest BCUT2D eigenvalue weighted by atomic mass is 35.5. The number of imidazole rings is 1. The number of fused-ring (bicyclic) bond motifs is 1. The molecule has 0 aliphatic carbocycles. The lowest BCUT2D eigenvalue weighted by atomic mass is 10.3. The van der Waals surface area contributed by atoms with E-state index >= 15 is 0 Å². The van der Waals surface area contributed by atoms with Crippen molar-refractivity contribution in [2.24, 2.45) is 0 Å². The van der Waals surface area contributed by atoms with Gasteiger partial charge in [0, 0.05) is 7.05 Å². The van der Waals surface area contributed by atoms with Gasteiger partial charge in [0.2, 0.25) is 5.95 Å². The Balaban J connectivity index is 2.12. The first-order chi connectivity index (χ1) is 9.69. The van der Waals surface area contributed by atoms with Crippen molar-refractivity contribution in [2.45, 2.75) is 0 Å². The summed E-state index contributed by atoms with van der Waals surface area (Å²) >= 11 is 5.99. The number of anilines is 3. The smallest absolute Gasteiger partial charge is 0.226 e. The molecule has 0 bridgehead atoms. The van der Waals surface area contributed by atoms with Crippen LogP contribution in [0.2, 0.25) is 5.02 Å². The van der Waals surface area contributed by atoms with E-state index in [0.29, 0.717) is 22.9 Å². The molecule has 0 unspecified atom stereocenters. The van der Waals surface area contributed by atoms with E-state index in [1.54, 1.807) is 13.1 Å². The Morgan fingerprint density at radius 1 is 1.30 bits per heavy atom. The van der Waals surface area contributed by atoms with Crippen molar-refractivity contribution < 1.29 is 4.39 Å². The Kier molecular flexibility index (Phi) is 3.11. The minimum atomic E-state index is -0.463. The number of para-hydroxylation sites is 1. The average Bonchev–Trinajstić information content (AvgIpc) is 2.91. The van der Waals surface area contributed by atoms with E-state index in [2.05, 4.69) is 30.6 Å². The van der Waals surface area contributed by atoms with Gasteiger partial charge in [-0.1, -0.05) is 17.7 Å². The van der Waals surface area contributed by atoms with Gasteiger partial charge in [-0.15, -0.1) is 0 Å². The van der Waals surface area contributed by atoms with E-state index in [0.717, 1.165) is 0 Å². The summed E-state index contributed by atoms with van der Waals surface area (Å²) in [5.74, 6) is 0.304. The number of nitrogens with zero attached hydrogens (tertiary/aromatic N) is 3. The molecular weight excluding hydrogens is 283 g/mol. The van der Waals surface area contributed by atoms with Gasteiger partial charge < -0.3 is 15.6 Å². The SMILES string of the molecule is CNc1nc(Nc2c(F)cccc2Cl)c2[nH]cnc2n1. The van der Waals surface area contributed by atoms with Crippen molar-refractivity contribution in [1.82, 2.24) is 19.9 Å². The van der Waals surface area contributed by atoms with Crippen molar-refractivity contribution in [3.63, 3.8) is 0 Å². The summed E-state index contributed by atoms with van der Waals surface area (Å²) in [5.41, 5.74) is 1.20. The quantitative estimate of drug-likeness (QED) is 0.692. The number of hydrogen-bond acceptors (Lipinski definition) is 5. The molecule has 3 N–H and O–H groups in total. The van der Waals surface area contributed by atoms with Crippen LogP contribution in [0.5, 0.6) is 0 Å².